The van der Waals surface area contributed by atoms with Gasteiger partial charge in [0.05, 0.1) is 6.54 Å². The predicted octanol–water partition coefficient (Wildman–Crippen LogP) is 2.19. The molecule has 154 valence electrons. The van der Waals surface area contributed by atoms with Crippen LogP contribution in [-0.4, -0.2) is 67.9 Å². The molecule has 2 aliphatic rings. The van der Waals surface area contributed by atoms with E-state index < -0.39 is 0 Å². The minimum absolute atomic E-state index is 0.00724. The zero-order chi connectivity index (χ0) is 19.8. The number of benzene rings is 1. The first kappa shape index (κ1) is 20.8. The molecule has 2 aliphatic heterocycles. The minimum atomic E-state index is -0.00724. The summed E-state index contributed by atoms with van der Waals surface area (Å²) >= 11 is 0. The van der Waals surface area contributed by atoms with Gasteiger partial charge in [-0.15, -0.1) is 0 Å². The summed E-state index contributed by atoms with van der Waals surface area (Å²) in [6, 6.07) is 9.57. The number of nitrogens with one attached hydrogen (secondary N) is 2. The van der Waals surface area contributed by atoms with Gasteiger partial charge >= 0.3 is 0 Å². The largest absolute Gasteiger partial charge is 0.342 e. The number of likely N-dealkylation sites (tertiary alicyclic amines) is 2. The summed E-state index contributed by atoms with van der Waals surface area (Å²) in [6.45, 7) is 5.02. The quantitative estimate of drug-likeness (QED) is 0.754. The predicted molar refractivity (Wildman–Crippen MR) is 112 cm³/mol. The zero-order valence-electron chi connectivity index (χ0n) is 17.0. The van der Waals surface area contributed by atoms with Crippen LogP contribution >= 0.6 is 0 Å². The number of nitrogens with zero attached hydrogens (tertiary/aromatic N) is 2. The number of rotatable bonds is 7. The third-order valence-electron chi connectivity index (χ3n) is 6.13. The summed E-state index contributed by atoms with van der Waals surface area (Å²) in [5, 5.41) is 6.21. The van der Waals surface area contributed by atoms with Crippen molar-refractivity contribution in [2.75, 3.05) is 51.6 Å². The highest BCUT2D eigenvalue weighted by Crippen LogP contribution is 2.22. The Hall–Kier alpha value is -1.92. The van der Waals surface area contributed by atoms with E-state index in [-0.39, 0.29) is 17.7 Å². The maximum atomic E-state index is 12.7. The van der Waals surface area contributed by atoms with E-state index in [0.717, 1.165) is 44.1 Å². The van der Waals surface area contributed by atoms with E-state index in [9.17, 15) is 9.59 Å². The van der Waals surface area contributed by atoms with E-state index in [0.29, 0.717) is 19.6 Å². The molecule has 1 aromatic carbocycles. The molecule has 0 aliphatic carbocycles. The molecule has 0 aromatic heterocycles. The Morgan fingerprint density at radius 2 is 1.68 bits per heavy atom. The van der Waals surface area contributed by atoms with Gasteiger partial charge in [0.1, 0.15) is 0 Å². The average Bonchev–Trinajstić information content (AvgIpc) is 2.74. The Bertz CT molecular complexity index is 621. The molecule has 0 unspecified atom stereocenters. The van der Waals surface area contributed by atoms with Gasteiger partial charge in [-0.05, 0) is 76.8 Å². The van der Waals surface area contributed by atoms with Gasteiger partial charge in [0.15, 0.2) is 0 Å². The molecular formula is C22H34N4O2. The third-order valence-corrected chi connectivity index (χ3v) is 6.13. The molecule has 2 N–H and O–H groups in total. The van der Waals surface area contributed by atoms with Gasteiger partial charge in [-0.3, -0.25) is 14.5 Å². The van der Waals surface area contributed by atoms with Crippen molar-refractivity contribution in [1.82, 2.24) is 15.1 Å². The fourth-order valence-corrected chi connectivity index (χ4v) is 4.23. The summed E-state index contributed by atoms with van der Waals surface area (Å²) in [4.78, 5) is 29.3. The summed E-state index contributed by atoms with van der Waals surface area (Å²) < 4.78 is 0. The van der Waals surface area contributed by atoms with Gasteiger partial charge < -0.3 is 15.5 Å². The van der Waals surface area contributed by atoms with Crippen molar-refractivity contribution in [3.8, 4) is 0 Å². The molecule has 6 heteroatoms. The van der Waals surface area contributed by atoms with E-state index in [1.54, 1.807) is 0 Å². The molecule has 0 atom stereocenters. The number of anilines is 1. The fourth-order valence-electron chi connectivity index (χ4n) is 4.23. The van der Waals surface area contributed by atoms with Crippen molar-refractivity contribution in [1.29, 1.82) is 0 Å². The van der Waals surface area contributed by atoms with Gasteiger partial charge in [-0.25, -0.2) is 0 Å². The first-order valence-electron chi connectivity index (χ1n) is 10.7. The zero-order valence-corrected chi connectivity index (χ0v) is 17.0. The van der Waals surface area contributed by atoms with Crippen LogP contribution in [0.4, 0.5) is 5.69 Å². The highest BCUT2D eigenvalue weighted by Gasteiger charge is 2.29. The maximum Gasteiger partial charge on any atom is 0.236 e. The van der Waals surface area contributed by atoms with Crippen LogP contribution in [0, 0.1) is 11.8 Å². The first-order chi connectivity index (χ1) is 13.7. The smallest absolute Gasteiger partial charge is 0.236 e. The lowest BCUT2D eigenvalue weighted by Gasteiger charge is -2.35. The van der Waals surface area contributed by atoms with Crippen LogP contribution in [0.3, 0.4) is 0 Å². The summed E-state index contributed by atoms with van der Waals surface area (Å²) in [5.74, 6) is 1.07. The average molecular weight is 387 g/mol. The second kappa shape index (κ2) is 10.6. The van der Waals surface area contributed by atoms with E-state index in [1.165, 1.54) is 19.3 Å². The van der Waals surface area contributed by atoms with Crippen LogP contribution in [0.25, 0.3) is 0 Å². The lowest BCUT2D eigenvalue weighted by atomic mass is 9.93. The van der Waals surface area contributed by atoms with Crippen molar-refractivity contribution in [3.05, 3.63) is 30.3 Å². The molecule has 1 aromatic rings. The Morgan fingerprint density at radius 3 is 2.32 bits per heavy atom. The molecule has 2 fully saturated rings. The Morgan fingerprint density at radius 1 is 1.00 bits per heavy atom. The topological polar surface area (TPSA) is 64.7 Å². The standard InChI is InChI=1S/C22H34N4O2/c1-23-12-7-18-8-13-25(14-9-18)17-21(27)26-15-10-19(11-16-26)22(28)24-20-5-3-2-4-6-20/h2-6,18-19,23H,7-17H2,1H3,(H,24,28). The number of carbonyl (C=O) groups is 2. The number of para-hydroxylation sites is 1. The van der Waals surface area contributed by atoms with E-state index in [4.69, 9.17) is 0 Å². The van der Waals surface area contributed by atoms with Crippen LogP contribution in [0.2, 0.25) is 0 Å². The molecule has 2 saturated heterocycles. The molecule has 2 heterocycles. The van der Waals surface area contributed by atoms with Crippen molar-refractivity contribution in [2.45, 2.75) is 32.1 Å². The van der Waals surface area contributed by atoms with Gasteiger partial charge in [0, 0.05) is 24.7 Å². The monoisotopic (exact) mass is 386 g/mol. The number of hydrogen-bond donors (Lipinski definition) is 2. The molecular weight excluding hydrogens is 352 g/mol. The second-order valence-corrected chi connectivity index (χ2v) is 8.12. The Labute approximate surface area is 168 Å². The Balaban J connectivity index is 1.36. The van der Waals surface area contributed by atoms with Crippen molar-refractivity contribution < 1.29 is 9.59 Å². The minimum Gasteiger partial charge on any atom is -0.342 e. The molecule has 0 spiro atoms. The molecule has 2 amide bonds. The highest BCUT2D eigenvalue weighted by atomic mass is 16.2. The third kappa shape index (κ3) is 6.04. The molecule has 3 rings (SSSR count). The van der Waals surface area contributed by atoms with Gasteiger partial charge in [0.25, 0.3) is 0 Å². The normalized spacial score (nSPS) is 19.5. The first-order valence-corrected chi connectivity index (χ1v) is 10.7. The Kier molecular flexibility index (Phi) is 7.86. The number of amides is 2. The molecule has 6 nitrogen and oxygen atoms in total. The lowest BCUT2D eigenvalue weighted by molar-refractivity contribution is -0.135. The molecule has 28 heavy (non-hydrogen) atoms. The highest BCUT2D eigenvalue weighted by molar-refractivity contribution is 5.92. The van der Waals surface area contributed by atoms with Gasteiger partial charge in [-0.2, -0.15) is 0 Å². The van der Waals surface area contributed by atoms with Gasteiger partial charge in [-0.1, -0.05) is 18.2 Å². The van der Waals surface area contributed by atoms with Crippen LogP contribution in [0.15, 0.2) is 30.3 Å². The summed E-state index contributed by atoms with van der Waals surface area (Å²) in [7, 11) is 2.00. The van der Waals surface area contributed by atoms with Crippen LogP contribution < -0.4 is 10.6 Å². The van der Waals surface area contributed by atoms with Crippen molar-refractivity contribution in [2.24, 2.45) is 11.8 Å². The SMILES string of the molecule is CNCCC1CCN(CC(=O)N2CCC(C(=O)Nc3ccccc3)CC2)CC1. The lowest BCUT2D eigenvalue weighted by Crippen LogP contribution is -2.47. The number of carbonyl (C=O) groups excluding carboxylic acids is 2. The van der Waals surface area contributed by atoms with E-state index >= 15 is 0 Å². The number of piperidine rings is 2. The molecule has 0 radical (unpaired) electrons. The molecule has 0 saturated carbocycles. The van der Waals surface area contributed by atoms with Crippen molar-refractivity contribution >= 4 is 17.5 Å². The molecule has 0 bridgehead atoms. The summed E-state index contributed by atoms with van der Waals surface area (Å²) in [6.07, 6.45) is 5.11. The van der Waals surface area contributed by atoms with Crippen LogP contribution in [0.1, 0.15) is 32.1 Å². The second-order valence-electron chi connectivity index (χ2n) is 8.12. The van der Waals surface area contributed by atoms with Crippen LogP contribution in [0.5, 0.6) is 0 Å². The summed E-state index contributed by atoms with van der Waals surface area (Å²) in [5.41, 5.74) is 0.837. The number of hydrogen-bond acceptors (Lipinski definition) is 4. The van der Waals surface area contributed by atoms with E-state index in [2.05, 4.69) is 15.5 Å². The van der Waals surface area contributed by atoms with Gasteiger partial charge in [0.2, 0.25) is 11.8 Å². The van der Waals surface area contributed by atoms with Crippen molar-refractivity contribution in [3.63, 3.8) is 0 Å². The maximum absolute atomic E-state index is 12.7. The fraction of sp³-hybridized carbons (Fsp3) is 0.636. The van der Waals surface area contributed by atoms with Crippen LogP contribution in [-0.2, 0) is 9.59 Å². The van der Waals surface area contributed by atoms with E-state index in [1.807, 2.05) is 42.3 Å².